The summed E-state index contributed by atoms with van der Waals surface area (Å²) in [4.78, 5) is 36.3. The Morgan fingerprint density at radius 3 is 1.97 bits per heavy atom. The Balaban J connectivity index is 4.73. The summed E-state index contributed by atoms with van der Waals surface area (Å²) in [5, 5.41) is 5.24. The van der Waals surface area contributed by atoms with Gasteiger partial charge >= 0.3 is 18.2 Å². The predicted molar refractivity (Wildman–Crippen MR) is 116 cm³/mol. The molecule has 0 unspecified atom stereocenters. The topological polar surface area (TPSA) is 103 Å². The zero-order valence-electron chi connectivity index (χ0n) is 19.8. The number of rotatable bonds is 10. The van der Waals surface area contributed by atoms with E-state index in [0.717, 1.165) is 6.42 Å². The number of nitrogens with one attached hydrogen (secondary N) is 2. The van der Waals surface area contributed by atoms with Crippen LogP contribution in [0.5, 0.6) is 0 Å². The van der Waals surface area contributed by atoms with Gasteiger partial charge < -0.3 is 24.8 Å². The monoisotopic (exact) mass is 428 g/mol. The quantitative estimate of drug-likeness (QED) is 0.227. The van der Waals surface area contributed by atoms with E-state index in [1.807, 2.05) is 13.8 Å². The zero-order valence-corrected chi connectivity index (χ0v) is 19.8. The number of alkyl carbamates (subject to hydrolysis) is 2. The van der Waals surface area contributed by atoms with Crippen LogP contribution in [0.1, 0.15) is 81.1 Å². The molecule has 2 atom stereocenters. The first kappa shape index (κ1) is 27.8. The zero-order chi connectivity index (χ0) is 23.5. The van der Waals surface area contributed by atoms with Crippen LogP contribution in [0.25, 0.3) is 0 Å². The standard InChI is InChI=1S/C22H40N2O6/c1-10-15(2)16(3)28-18(25)17(24-20(27)30-22(7,8)9)13-11-12-14-23-19(26)29-21(4,5)6/h15,17H,3,10-14H2,1-2,4-9H3,(H,23,26)(H,24,27)/t15-,17-/m0/s1. The van der Waals surface area contributed by atoms with Crippen molar-refractivity contribution in [2.75, 3.05) is 6.54 Å². The van der Waals surface area contributed by atoms with E-state index in [4.69, 9.17) is 14.2 Å². The van der Waals surface area contributed by atoms with E-state index in [9.17, 15) is 14.4 Å². The number of ether oxygens (including phenoxy) is 3. The molecular formula is C22H40N2O6. The lowest BCUT2D eigenvalue weighted by Gasteiger charge is -2.23. The second kappa shape index (κ2) is 12.4. The summed E-state index contributed by atoms with van der Waals surface area (Å²) in [6.45, 7) is 18.7. The molecule has 2 N–H and O–H groups in total. The summed E-state index contributed by atoms with van der Waals surface area (Å²) in [6.07, 6.45) is 1.11. The summed E-state index contributed by atoms with van der Waals surface area (Å²) < 4.78 is 15.8. The highest BCUT2D eigenvalue weighted by Gasteiger charge is 2.26. The summed E-state index contributed by atoms with van der Waals surface area (Å²) in [6, 6.07) is -0.873. The molecule has 0 rings (SSSR count). The van der Waals surface area contributed by atoms with Crippen LogP contribution < -0.4 is 10.6 Å². The Morgan fingerprint density at radius 2 is 1.47 bits per heavy atom. The van der Waals surface area contributed by atoms with Crippen molar-refractivity contribution < 1.29 is 28.6 Å². The molecular weight excluding hydrogens is 388 g/mol. The minimum Gasteiger partial charge on any atom is -0.444 e. The molecule has 2 amide bonds. The lowest BCUT2D eigenvalue weighted by Crippen LogP contribution is -2.44. The van der Waals surface area contributed by atoms with E-state index >= 15 is 0 Å². The molecule has 0 saturated heterocycles. The maximum Gasteiger partial charge on any atom is 0.408 e. The number of unbranched alkanes of at least 4 members (excludes halogenated alkanes) is 1. The average Bonchev–Trinajstić information content (AvgIpc) is 2.56. The molecule has 0 spiro atoms. The Hall–Kier alpha value is -2.25. The molecule has 0 radical (unpaired) electrons. The smallest absolute Gasteiger partial charge is 0.408 e. The molecule has 8 heteroatoms. The van der Waals surface area contributed by atoms with Gasteiger partial charge in [-0.2, -0.15) is 0 Å². The van der Waals surface area contributed by atoms with E-state index in [1.165, 1.54) is 0 Å². The van der Waals surface area contributed by atoms with Crippen LogP contribution >= 0.6 is 0 Å². The first-order valence-electron chi connectivity index (χ1n) is 10.5. The van der Waals surface area contributed by atoms with Crippen molar-refractivity contribution in [3.05, 3.63) is 12.3 Å². The number of hydrogen-bond acceptors (Lipinski definition) is 6. The lowest BCUT2D eigenvalue weighted by molar-refractivity contribution is -0.143. The van der Waals surface area contributed by atoms with Gasteiger partial charge in [0.25, 0.3) is 0 Å². The van der Waals surface area contributed by atoms with Crippen LogP contribution in [0, 0.1) is 5.92 Å². The van der Waals surface area contributed by atoms with Crippen LogP contribution in [0.15, 0.2) is 12.3 Å². The van der Waals surface area contributed by atoms with Crippen LogP contribution in [-0.2, 0) is 19.0 Å². The van der Waals surface area contributed by atoms with Crippen molar-refractivity contribution in [3.63, 3.8) is 0 Å². The summed E-state index contributed by atoms with van der Waals surface area (Å²) in [7, 11) is 0. The van der Waals surface area contributed by atoms with E-state index in [1.54, 1.807) is 41.5 Å². The van der Waals surface area contributed by atoms with Crippen LogP contribution in [0.3, 0.4) is 0 Å². The third-order valence-electron chi connectivity index (χ3n) is 3.96. The average molecular weight is 429 g/mol. The SMILES string of the molecule is C=C(OC(=O)[C@H](CCCCNC(=O)OC(C)(C)C)NC(=O)OC(C)(C)C)[C@@H](C)CC. The van der Waals surface area contributed by atoms with Crippen LogP contribution in [-0.4, -0.2) is 41.9 Å². The second-order valence-electron chi connectivity index (χ2n) is 9.32. The van der Waals surface area contributed by atoms with Gasteiger partial charge in [0, 0.05) is 12.5 Å². The van der Waals surface area contributed by atoms with Crippen molar-refractivity contribution in [1.29, 1.82) is 0 Å². The van der Waals surface area contributed by atoms with E-state index in [0.29, 0.717) is 31.6 Å². The van der Waals surface area contributed by atoms with Crippen molar-refractivity contribution >= 4 is 18.2 Å². The second-order valence-corrected chi connectivity index (χ2v) is 9.32. The third-order valence-corrected chi connectivity index (χ3v) is 3.96. The minimum absolute atomic E-state index is 0.0224. The van der Waals surface area contributed by atoms with Gasteiger partial charge in [-0.15, -0.1) is 0 Å². The highest BCUT2D eigenvalue weighted by molar-refractivity contribution is 5.82. The largest absolute Gasteiger partial charge is 0.444 e. The molecule has 0 aromatic rings. The number of carbonyl (C=O) groups is 3. The maximum absolute atomic E-state index is 12.6. The van der Waals surface area contributed by atoms with Crippen molar-refractivity contribution in [3.8, 4) is 0 Å². The summed E-state index contributed by atoms with van der Waals surface area (Å²) in [5.74, 6) is -0.189. The van der Waals surface area contributed by atoms with Gasteiger partial charge in [0.15, 0.2) is 0 Å². The van der Waals surface area contributed by atoms with Crippen molar-refractivity contribution in [1.82, 2.24) is 10.6 Å². The molecule has 30 heavy (non-hydrogen) atoms. The maximum atomic E-state index is 12.6. The van der Waals surface area contributed by atoms with Gasteiger partial charge in [-0.3, -0.25) is 0 Å². The lowest BCUT2D eigenvalue weighted by atomic mass is 10.1. The van der Waals surface area contributed by atoms with Gasteiger partial charge in [0.2, 0.25) is 0 Å². The molecule has 0 saturated carbocycles. The third kappa shape index (κ3) is 13.8. The molecule has 0 aliphatic heterocycles. The highest BCUT2D eigenvalue weighted by Crippen LogP contribution is 2.16. The Kier molecular flexibility index (Phi) is 11.5. The van der Waals surface area contributed by atoms with Gasteiger partial charge in [-0.25, -0.2) is 14.4 Å². The molecule has 0 bridgehead atoms. The Morgan fingerprint density at radius 1 is 0.933 bits per heavy atom. The van der Waals surface area contributed by atoms with Crippen molar-refractivity contribution in [2.45, 2.75) is 98.3 Å². The van der Waals surface area contributed by atoms with E-state index < -0.39 is 35.4 Å². The summed E-state index contributed by atoms with van der Waals surface area (Å²) in [5.41, 5.74) is -1.25. The highest BCUT2D eigenvalue weighted by atomic mass is 16.6. The fourth-order valence-electron chi connectivity index (χ4n) is 2.21. The number of esters is 1. The number of hydrogen-bond donors (Lipinski definition) is 2. The first-order chi connectivity index (χ1) is 13.6. The Bertz CT molecular complexity index is 589. The number of allylic oxidation sites excluding steroid dienone is 1. The van der Waals surface area contributed by atoms with Crippen LogP contribution in [0.4, 0.5) is 9.59 Å². The summed E-state index contributed by atoms with van der Waals surface area (Å²) >= 11 is 0. The molecule has 0 aliphatic carbocycles. The normalized spacial score (nSPS) is 13.6. The fraction of sp³-hybridized carbons (Fsp3) is 0.773. The number of carbonyl (C=O) groups excluding carboxylic acids is 3. The van der Waals surface area contributed by atoms with Gasteiger partial charge in [-0.05, 0) is 67.2 Å². The molecule has 8 nitrogen and oxygen atoms in total. The molecule has 174 valence electrons. The predicted octanol–water partition coefficient (Wildman–Crippen LogP) is 4.68. The van der Waals surface area contributed by atoms with Crippen molar-refractivity contribution in [2.24, 2.45) is 5.92 Å². The van der Waals surface area contributed by atoms with Crippen LogP contribution in [0.2, 0.25) is 0 Å². The molecule has 0 aromatic carbocycles. The fourth-order valence-corrected chi connectivity index (χ4v) is 2.21. The Labute approximate surface area is 181 Å². The molecule has 0 fully saturated rings. The van der Waals surface area contributed by atoms with E-state index in [2.05, 4.69) is 17.2 Å². The van der Waals surface area contributed by atoms with Gasteiger partial charge in [0.1, 0.15) is 23.0 Å². The number of amides is 2. The van der Waals surface area contributed by atoms with Gasteiger partial charge in [-0.1, -0.05) is 20.4 Å². The molecule has 0 heterocycles. The molecule has 0 aromatic heterocycles. The first-order valence-corrected chi connectivity index (χ1v) is 10.5. The van der Waals surface area contributed by atoms with Gasteiger partial charge in [0.05, 0.1) is 0 Å². The molecule has 0 aliphatic rings. The minimum atomic E-state index is -0.873. The van der Waals surface area contributed by atoms with E-state index in [-0.39, 0.29) is 5.92 Å².